The highest BCUT2D eigenvalue weighted by atomic mass is 15.2. The molecule has 1 saturated heterocycles. The summed E-state index contributed by atoms with van der Waals surface area (Å²) in [4.78, 5) is 4.79. The Morgan fingerprint density at radius 1 is 1.26 bits per heavy atom. The van der Waals surface area contributed by atoms with Crippen molar-refractivity contribution in [1.29, 1.82) is 0 Å². The van der Waals surface area contributed by atoms with Gasteiger partial charge in [0.1, 0.15) is 0 Å². The van der Waals surface area contributed by atoms with Gasteiger partial charge in [0.05, 0.1) is 0 Å². The smallest absolute Gasteiger partial charge is 0.0397 e. The Kier molecular flexibility index (Phi) is 4.48. The fourth-order valence-electron chi connectivity index (χ4n) is 3.09. The van der Waals surface area contributed by atoms with Gasteiger partial charge in [0.25, 0.3) is 0 Å². The van der Waals surface area contributed by atoms with Crippen LogP contribution in [-0.2, 0) is 0 Å². The van der Waals surface area contributed by atoms with Gasteiger partial charge in [0, 0.05) is 37.4 Å². The molecule has 0 bridgehead atoms. The Hall–Kier alpha value is -1.06. The van der Waals surface area contributed by atoms with Gasteiger partial charge in [0.15, 0.2) is 0 Å². The molecule has 2 atom stereocenters. The van der Waals surface area contributed by atoms with Crippen molar-refractivity contribution in [3.8, 4) is 0 Å². The molecular formula is C16H27N3. The SMILES string of the molecule is Cc1ccc(N2CC(C)NC(CN(C)C)C2)c(C)c1. The summed E-state index contributed by atoms with van der Waals surface area (Å²) in [6, 6.07) is 7.85. The Morgan fingerprint density at radius 2 is 2.00 bits per heavy atom. The van der Waals surface area contributed by atoms with Crippen LogP contribution in [0.2, 0.25) is 0 Å². The number of benzene rings is 1. The van der Waals surface area contributed by atoms with Crippen LogP contribution in [0.1, 0.15) is 18.1 Å². The molecule has 19 heavy (non-hydrogen) atoms. The van der Waals surface area contributed by atoms with E-state index < -0.39 is 0 Å². The molecule has 1 aromatic carbocycles. The third-order valence-corrected chi connectivity index (χ3v) is 3.73. The molecule has 1 N–H and O–H groups in total. The summed E-state index contributed by atoms with van der Waals surface area (Å²) in [7, 11) is 4.28. The quantitative estimate of drug-likeness (QED) is 0.898. The van der Waals surface area contributed by atoms with E-state index in [1.807, 2.05) is 0 Å². The number of aryl methyl sites for hydroxylation is 2. The van der Waals surface area contributed by atoms with Crippen LogP contribution in [0.4, 0.5) is 5.69 Å². The maximum absolute atomic E-state index is 3.69. The molecule has 2 unspecified atom stereocenters. The zero-order valence-corrected chi connectivity index (χ0v) is 12.9. The molecule has 1 aliphatic heterocycles. The van der Waals surface area contributed by atoms with Crippen molar-refractivity contribution >= 4 is 5.69 Å². The highest BCUT2D eigenvalue weighted by Crippen LogP contribution is 2.23. The van der Waals surface area contributed by atoms with Crippen LogP contribution in [0, 0.1) is 13.8 Å². The number of anilines is 1. The van der Waals surface area contributed by atoms with Crippen molar-refractivity contribution in [3.05, 3.63) is 29.3 Å². The molecule has 0 aliphatic carbocycles. The van der Waals surface area contributed by atoms with Crippen LogP contribution in [0.3, 0.4) is 0 Å². The molecule has 0 radical (unpaired) electrons. The normalized spacial score (nSPS) is 24.0. The number of hydrogen-bond donors (Lipinski definition) is 1. The Labute approximate surface area is 117 Å². The van der Waals surface area contributed by atoms with E-state index in [0.717, 1.165) is 19.6 Å². The summed E-state index contributed by atoms with van der Waals surface area (Å²) < 4.78 is 0. The third-order valence-electron chi connectivity index (χ3n) is 3.73. The number of hydrogen-bond acceptors (Lipinski definition) is 3. The first-order valence-corrected chi connectivity index (χ1v) is 7.18. The molecular weight excluding hydrogens is 234 g/mol. The van der Waals surface area contributed by atoms with Gasteiger partial charge in [-0.1, -0.05) is 17.7 Å². The van der Waals surface area contributed by atoms with E-state index in [0.29, 0.717) is 12.1 Å². The molecule has 0 saturated carbocycles. The second kappa shape index (κ2) is 5.93. The van der Waals surface area contributed by atoms with E-state index in [2.05, 4.69) is 68.2 Å². The summed E-state index contributed by atoms with van der Waals surface area (Å²) in [6.07, 6.45) is 0. The Morgan fingerprint density at radius 3 is 2.63 bits per heavy atom. The average molecular weight is 261 g/mol. The topological polar surface area (TPSA) is 18.5 Å². The van der Waals surface area contributed by atoms with Crippen LogP contribution in [0.15, 0.2) is 18.2 Å². The maximum Gasteiger partial charge on any atom is 0.0397 e. The standard InChI is InChI=1S/C16H27N3/c1-12-6-7-16(13(2)8-12)19-9-14(3)17-15(11-19)10-18(4)5/h6-8,14-15,17H,9-11H2,1-5H3. The molecule has 0 aromatic heterocycles. The van der Waals surface area contributed by atoms with Gasteiger partial charge in [-0.15, -0.1) is 0 Å². The lowest BCUT2D eigenvalue weighted by Gasteiger charge is -2.40. The Balaban J connectivity index is 2.14. The first-order valence-electron chi connectivity index (χ1n) is 7.18. The summed E-state index contributed by atoms with van der Waals surface area (Å²) in [5, 5.41) is 3.69. The molecule has 1 aromatic rings. The van der Waals surface area contributed by atoms with Crippen molar-refractivity contribution in [3.63, 3.8) is 0 Å². The molecule has 3 nitrogen and oxygen atoms in total. The van der Waals surface area contributed by atoms with Crippen molar-refractivity contribution in [2.45, 2.75) is 32.9 Å². The molecule has 2 rings (SSSR count). The molecule has 106 valence electrons. The fourth-order valence-corrected chi connectivity index (χ4v) is 3.09. The monoisotopic (exact) mass is 261 g/mol. The van der Waals surface area contributed by atoms with Gasteiger partial charge in [-0.2, -0.15) is 0 Å². The van der Waals surface area contributed by atoms with E-state index in [-0.39, 0.29) is 0 Å². The zero-order chi connectivity index (χ0) is 14.0. The summed E-state index contributed by atoms with van der Waals surface area (Å²) in [5.74, 6) is 0. The van der Waals surface area contributed by atoms with Crippen LogP contribution in [0.25, 0.3) is 0 Å². The van der Waals surface area contributed by atoms with Crippen molar-refractivity contribution in [1.82, 2.24) is 10.2 Å². The lowest BCUT2D eigenvalue weighted by Crippen LogP contribution is -2.58. The van der Waals surface area contributed by atoms with Crippen molar-refractivity contribution < 1.29 is 0 Å². The van der Waals surface area contributed by atoms with E-state index >= 15 is 0 Å². The van der Waals surface area contributed by atoms with Crippen LogP contribution < -0.4 is 10.2 Å². The predicted molar refractivity (Wildman–Crippen MR) is 83.1 cm³/mol. The number of nitrogens with one attached hydrogen (secondary N) is 1. The second-order valence-corrected chi connectivity index (χ2v) is 6.22. The second-order valence-electron chi connectivity index (χ2n) is 6.22. The highest BCUT2D eigenvalue weighted by Gasteiger charge is 2.25. The molecule has 1 fully saturated rings. The summed E-state index contributed by atoms with van der Waals surface area (Å²) in [6.45, 7) is 9.92. The summed E-state index contributed by atoms with van der Waals surface area (Å²) in [5.41, 5.74) is 4.12. The van der Waals surface area contributed by atoms with E-state index in [1.54, 1.807) is 0 Å². The minimum atomic E-state index is 0.541. The molecule has 1 aliphatic rings. The van der Waals surface area contributed by atoms with Crippen LogP contribution in [0.5, 0.6) is 0 Å². The minimum Gasteiger partial charge on any atom is -0.368 e. The molecule has 0 amide bonds. The highest BCUT2D eigenvalue weighted by molar-refractivity contribution is 5.55. The average Bonchev–Trinajstić information content (AvgIpc) is 2.26. The lowest BCUT2D eigenvalue weighted by molar-refractivity contribution is 0.297. The first-order chi connectivity index (χ1) is 8.95. The largest absolute Gasteiger partial charge is 0.368 e. The van der Waals surface area contributed by atoms with E-state index in [9.17, 15) is 0 Å². The van der Waals surface area contributed by atoms with Crippen molar-refractivity contribution in [2.24, 2.45) is 0 Å². The number of nitrogens with zero attached hydrogens (tertiary/aromatic N) is 2. The van der Waals surface area contributed by atoms with Crippen LogP contribution in [-0.4, -0.2) is 50.7 Å². The lowest BCUT2D eigenvalue weighted by atomic mass is 10.1. The van der Waals surface area contributed by atoms with Gasteiger partial charge in [-0.05, 0) is 46.5 Å². The predicted octanol–water partition coefficient (Wildman–Crippen LogP) is 2.03. The Bertz CT molecular complexity index is 426. The van der Waals surface area contributed by atoms with Gasteiger partial charge >= 0.3 is 0 Å². The maximum atomic E-state index is 3.69. The molecule has 3 heteroatoms. The van der Waals surface area contributed by atoms with Gasteiger partial charge in [0.2, 0.25) is 0 Å². The third kappa shape index (κ3) is 3.71. The zero-order valence-electron chi connectivity index (χ0n) is 12.9. The fraction of sp³-hybridized carbons (Fsp3) is 0.625. The first kappa shape index (κ1) is 14.4. The van der Waals surface area contributed by atoms with Crippen LogP contribution >= 0.6 is 0 Å². The number of rotatable bonds is 3. The molecule has 1 heterocycles. The van der Waals surface area contributed by atoms with Gasteiger partial charge < -0.3 is 15.1 Å². The van der Waals surface area contributed by atoms with Gasteiger partial charge in [-0.3, -0.25) is 0 Å². The minimum absolute atomic E-state index is 0.541. The van der Waals surface area contributed by atoms with Gasteiger partial charge in [-0.25, -0.2) is 0 Å². The number of likely N-dealkylation sites (N-methyl/N-ethyl adjacent to an activating group) is 1. The van der Waals surface area contributed by atoms with E-state index in [4.69, 9.17) is 0 Å². The summed E-state index contributed by atoms with van der Waals surface area (Å²) >= 11 is 0. The molecule has 0 spiro atoms. The van der Waals surface area contributed by atoms with E-state index in [1.165, 1.54) is 16.8 Å². The number of piperazine rings is 1. The van der Waals surface area contributed by atoms with Crippen molar-refractivity contribution in [2.75, 3.05) is 38.6 Å².